The predicted molar refractivity (Wildman–Crippen MR) is 44.5 cm³/mol. The minimum absolute atomic E-state index is 0.148. The quantitative estimate of drug-likeness (QED) is 0.623. The minimum Gasteiger partial charge on any atom is -0.397 e. The number of aliphatic hydroxyl groups excluding tert-OH is 1. The summed E-state index contributed by atoms with van der Waals surface area (Å²) in [5.41, 5.74) is 0. The molecule has 1 unspecified atom stereocenters. The molecule has 0 amide bonds. The second-order valence-corrected chi connectivity index (χ2v) is 2.21. The molecule has 0 saturated heterocycles. The Morgan fingerprint density at radius 1 is 1.64 bits per heavy atom. The van der Waals surface area contributed by atoms with Crippen molar-refractivity contribution in [3.63, 3.8) is 0 Å². The maximum absolute atomic E-state index is 9.96. The van der Waals surface area contributed by atoms with Crippen molar-refractivity contribution in [1.82, 2.24) is 0 Å². The fourth-order valence-electron chi connectivity index (χ4n) is 0.372. The van der Waals surface area contributed by atoms with Gasteiger partial charge in [0.15, 0.2) is 0 Å². The zero-order valence-electron chi connectivity index (χ0n) is 7.54. The number of ether oxygens (including phenoxy) is 1. The average molecular weight is 162 g/mol. The van der Waals surface area contributed by atoms with Crippen LogP contribution in [-0.4, -0.2) is 31.7 Å². The van der Waals surface area contributed by atoms with Crippen LogP contribution in [0.5, 0.6) is 0 Å². The molecule has 0 heterocycles. The van der Waals surface area contributed by atoms with Crippen molar-refractivity contribution >= 4 is 6.29 Å². The first-order valence-corrected chi connectivity index (χ1v) is 3.77. The van der Waals surface area contributed by atoms with E-state index in [0.717, 1.165) is 12.7 Å². The third-order valence-electron chi connectivity index (χ3n) is 1.01. The van der Waals surface area contributed by atoms with E-state index in [1.807, 2.05) is 6.92 Å². The van der Waals surface area contributed by atoms with Gasteiger partial charge in [0.05, 0.1) is 0 Å². The molecule has 0 aromatic heterocycles. The molecule has 0 fully saturated rings. The molecule has 11 heavy (non-hydrogen) atoms. The Bertz CT molecular complexity index is 73.7. The molecule has 0 aromatic carbocycles. The Morgan fingerprint density at radius 2 is 2.09 bits per heavy atom. The van der Waals surface area contributed by atoms with E-state index >= 15 is 0 Å². The van der Waals surface area contributed by atoms with Gasteiger partial charge in [0.1, 0.15) is 6.29 Å². The molecule has 0 saturated carbocycles. The van der Waals surface area contributed by atoms with Gasteiger partial charge in [0.2, 0.25) is 0 Å². The lowest BCUT2D eigenvalue weighted by molar-refractivity contribution is -0.111. The summed E-state index contributed by atoms with van der Waals surface area (Å²) in [6.45, 7) is 4.49. The van der Waals surface area contributed by atoms with E-state index in [-0.39, 0.29) is 12.5 Å². The van der Waals surface area contributed by atoms with Crippen LogP contribution < -0.4 is 0 Å². The third-order valence-corrected chi connectivity index (χ3v) is 1.01. The van der Waals surface area contributed by atoms with E-state index in [1.165, 1.54) is 0 Å². The standard InChI is InChI=1S/C6H12O2.C2H6O/c1-6(5-7)3-4-8-2;1-2-3/h5-6H,3-4H2,1-2H3;3H,2H2,1H3. The van der Waals surface area contributed by atoms with Crippen LogP contribution in [-0.2, 0) is 9.53 Å². The van der Waals surface area contributed by atoms with Gasteiger partial charge in [0.25, 0.3) is 0 Å². The van der Waals surface area contributed by atoms with Gasteiger partial charge in [-0.3, -0.25) is 0 Å². The first-order valence-electron chi connectivity index (χ1n) is 3.77. The van der Waals surface area contributed by atoms with Crippen molar-refractivity contribution < 1.29 is 14.6 Å². The summed E-state index contributed by atoms with van der Waals surface area (Å²) in [7, 11) is 1.64. The second kappa shape index (κ2) is 12.3. The Balaban J connectivity index is 0. The zero-order chi connectivity index (χ0) is 9.11. The van der Waals surface area contributed by atoms with Crippen LogP contribution >= 0.6 is 0 Å². The monoisotopic (exact) mass is 162 g/mol. The third kappa shape index (κ3) is 17.7. The zero-order valence-corrected chi connectivity index (χ0v) is 7.54. The largest absolute Gasteiger partial charge is 0.397 e. The van der Waals surface area contributed by atoms with Gasteiger partial charge in [-0.05, 0) is 13.3 Å². The van der Waals surface area contributed by atoms with E-state index in [1.54, 1.807) is 14.0 Å². The molecule has 0 radical (unpaired) electrons. The number of hydrogen-bond acceptors (Lipinski definition) is 3. The molecule has 0 aliphatic rings. The van der Waals surface area contributed by atoms with Gasteiger partial charge >= 0.3 is 0 Å². The number of carbonyl (C=O) groups excluding carboxylic acids is 1. The Labute approximate surface area is 68.4 Å². The molecular weight excluding hydrogens is 144 g/mol. The van der Waals surface area contributed by atoms with Gasteiger partial charge in [-0.15, -0.1) is 0 Å². The first-order chi connectivity index (χ1) is 5.22. The van der Waals surface area contributed by atoms with Crippen molar-refractivity contribution in [3.8, 4) is 0 Å². The van der Waals surface area contributed by atoms with Crippen LogP contribution in [0, 0.1) is 5.92 Å². The van der Waals surface area contributed by atoms with Crippen LogP contribution in [0.25, 0.3) is 0 Å². The van der Waals surface area contributed by atoms with Crippen LogP contribution in [0.3, 0.4) is 0 Å². The number of methoxy groups -OCH3 is 1. The molecule has 68 valence electrons. The van der Waals surface area contributed by atoms with E-state index in [0.29, 0.717) is 6.61 Å². The fourth-order valence-corrected chi connectivity index (χ4v) is 0.372. The fraction of sp³-hybridized carbons (Fsp3) is 0.875. The normalized spacial score (nSPS) is 11.3. The minimum atomic E-state index is 0.148. The van der Waals surface area contributed by atoms with Gasteiger partial charge < -0.3 is 14.6 Å². The van der Waals surface area contributed by atoms with Gasteiger partial charge in [0, 0.05) is 26.2 Å². The van der Waals surface area contributed by atoms with Crippen LogP contribution in [0.2, 0.25) is 0 Å². The van der Waals surface area contributed by atoms with Crippen molar-refractivity contribution in [3.05, 3.63) is 0 Å². The number of aliphatic hydroxyl groups is 1. The first kappa shape index (κ1) is 13.2. The summed E-state index contributed by atoms with van der Waals surface area (Å²) in [5.74, 6) is 0.148. The predicted octanol–water partition coefficient (Wildman–Crippen LogP) is 0.856. The van der Waals surface area contributed by atoms with Gasteiger partial charge in [-0.25, -0.2) is 0 Å². The lowest BCUT2D eigenvalue weighted by Gasteiger charge is -1.98. The molecular formula is C8H18O3. The van der Waals surface area contributed by atoms with Crippen molar-refractivity contribution in [2.75, 3.05) is 20.3 Å². The molecule has 0 aromatic rings. The number of hydrogen-bond donors (Lipinski definition) is 1. The van der Waals surface area contributed by atoms with E-state index in [9.17, 15) is 4.79 Å². The van der Waals surface area contributed by atoms with E-state index in [4.69, 9.17) is 9.84 Å². The number of rotatable bonds is 4. The van der Waals surface area contributed by atoms with Crippen LogP contribution in [0.4, 0.5) is 0 Å². The Kier molecular flexibility index (Phi) is 14.7. The highest BCUT2D eigenvalue weighted by molar-refractivity contribution is 5.52. The summed E-state index contributed by atoms with van der Waals surface area (Å²) in [6.07, 6.45) is 1.78. The Morgan fingerprint density at radius 3 is 2.36 bits per heavy atom. The maximum Gasteiger partial charge on any atom is 0.122 e. The number of aldehydes is 1. The molecule has 0 aliphatic heterocycles. The average Bonchev–Trinajstić information content (AvgIpc) is 2.02. The molecule has 1 atom stereocenters. The molecule has 0 aliphatic carbocycles. The highest BCUT2D eigenvalue weighted by Gasteiger charge is 1.95. The molecule has 0 rings (SSSR count). The summed E-state index contributed by atoms with van der Waals surface area (Å²) in [5, 5.41) is 7.57. The van der Waals surface area contributed by atoms with Crippen molar-refractivity contribution in [2.45, 2.75) is 20.3 Å². The summed E-state index contributed by atoms with van der Waals surface area (Å²) in [6, 6.07) is 0. The van der Waals surface area contributed by atoms with Crippen molar-refractivity contribution in [1.29, 1.82) is 0 Å². The summed E-state index contributed by atoms with van der Waals surface area (Å²) < 4.78 is 4.76. The molecule has 1 N–H and O–H groups in total. The smallest absolute Gasteiger partial charge is 0.122 e. The topological polar surface area (TPSA) is 46.5 Å². The molecule has 0 spiro atoms. The highest BCUT2D eigenvalue weighted by Crippen LogP contribution is 1.95. The molecule has 3 heteroatoms. The molecule has 0 bridgehead atoms. The SMILES string of the molecule is CCO.COCCC(C)C=O. The highest BCUT2D eigenvalue weighted by atomic mass is 16.5. The van der Waals surface area contributed by atoms with Crippen molar-refractivity contribution in [2.24, 2.45) is 5.92 Å². The van der Waals surface area contributed by atoms with Crippen LogP contribution in [0.1, 0.15) is 20.3 Å². The summed E-state index contributed by atoms with van der Waals surface area (Å²) >= 11 is 0. The van der Waals surface area contributed by atoms with Gasteiger partial charge in [-0.1, -0.05) is 6.92 Å². The van der Waals surface area contributed by atoms with E-state index < -0.39 is 0 Å². The van der Waals surface area contributed by atoms with Gasteiger partial charge in [-0.2, -0.15) is 0 Å². The van der Waals surface area contributed by atoms with Crippen LogP contribution in [0.15, 0.2) is 0 Å². The Hall–Kier alpha value is -0.410. The van der Waals surface area contributed by atoms with E-state index in [2.05, 4.69) is 0 Å². The number of carbonyl (C=O) groups is 1. The maximum atomic E-state index is 9.96. The lowest BCUT2D eigenvalue weighted by Crippen LogP contribution is -1.99. The second-order valence-electron chi connectivity index (χ2n) is 2.21. The summed E-state index contributed by atoms with van der Waals surface area (Å²) in [4.78, 5) is 9.96. The molecule has 3 nitrogen and oxygen atoms in total. The lowest BCUT2D eigenvalue weighted by atomic mass is 10.1.